The quantitative estimate of drug-likeness (QED) is 0.639. The van der Waals surface area contributed by atoms with E-state index in [-0.39, 0.29) is 0 Å². The van der Waals surface area contributed by atoms with Gasteiger partial charge in [0.2, 0.25) is 0 Å². The first-order valence-corrected chi connectivity index (χ1v) is 6.32. The molecule has 21 heavy (non-hydrogen) atoms. The standard InChI is InChI=1S/C12H17F5O4/c1-4-7(2)8(18)20-6-9(3)5-10(13,14)11(19,21-9)12(15,16)17/h7,19H,4-6H2,1-3H3. The third kappa shape index (κ3) is 3.28. The highest BCUT2D eigenvalue weighted by molar-refractivity contribution is 5.71. The van der Waals surface area contributed by atoms with Gasteiger partial charge in [0.1, 0.15) is 12.2 Å². The van der Waals surface area contributed by atoms with Gasteiger partial charge in [-0.2, -0.15) is 13.2 Å². The lowest BCUT2D eigenvalue weighted by Crippen LogP contribution is -2.56. The number of aliphatic hydroxyl groups is 1. The highest BCUT2D eigenvalue weighted by Crippen LogP contribution is 2.54. The topological polar surface area (TPSA) is 55.8 Å². The average molecular weight is 320 g/mol. The monoisotopic (exact) mass is 320 g/mol. The van der Waals surface area contributed by atoms with Gasteiger partial charge in [-0.05, 0) is 13.3 Å². The van der Waals surface area contributed by atoms with Crippen LogP contribution in [0.5, 0.6) is 0 Å². The van der Waals surface area contributed by atoms with Crippen molar-refractivity contribution in [3.63, 3.8) is 0 Å². The van der Waals surface area contributed by atoms with Gasteiger partial charge in [-0.25, -0.2) is 8.78 Å². The van der Waals surface area contributed by atoms with Crippen molar-refractivity contribution in [2.45, 2.75) is 57.1 Å². The molecule has 0 aromatic rings. The SMILES string of the molecule is CCC(C)C(=O)OCC1(C)CC(F)(F)C(O)(C(F)(F)F)O1. The molecule has 0 amide bonds. The predicted octanol–water partition coefficient (Wildman–Crippen LogP) is 2.64. The first-order chi connectivity index (χ1) is 9.28. The Labute approximate surface area is 118 Å². The van der Waals surface area contributed by atoms with Crippen molar-refractivity contribution in [3.8, 4) is 0 Å². The number of rotatable bonds is 4. The summed E-state index contributed by atoms with van der Waals surface area (Å²) in [5.41, 5.74) is -2.13. The average Bonchev–Trinajstić information content (AvgIpc) is 2.51. The number of esters is 1. The minimum absolute atomic E-state index is 0.430. The molecule has 0 spiro atoms. The van der Waals surface area contributed by atoms with Crippen LogP contribution < -0.4 is 0 Å². The third-order valence-corrected chi connectivity index (χ3v) is 3.40. The minimum atomic E-state index is -5.67. The van der Waals surface area contributed by atoms with E-state index in [0.29, 0.717) is 6.42 Å². The Morgan fingerprint density at radius 3 is 2.33 bits per heavy atom. The number of halogens is 5. The summed E-state index contributed by atoms with van der Waals surface area (Å²) in [6.45, 7) is 3.34. The van der Waals surface area contributed by atoms with Crippen LogP contribution in [0, 0.1) is 5.92 Å². The van der Waals surface area contributed by atoms with Gasteiger partial charge in [0.05, 0.1) is 5.92 Å². The number of carbonyl (C=O) groups is 1. The zero-order valence-corrected chi connectivity index (χ0v) is 11.8. The molecular formula is C12H17F5O4. The van der Waals surface area contributed by atoms with Crippen molar-refractivity contribution in [3.05, 3.63) is 0 Å². The fraction of sp³-hybridized carbons (Fsp3) is 0.917. The van der Waals surface area contributed by atoms with Crippen molar-refractivity contribution < 1.29 is 41.3 Å². The van der Waals surface area contributed by atoms with Gasteiger partial charge in [-0.15, -0.1) is 0 Å². The lowest BCUT2D eigenvalue weighted by Gasteiger charge is -2.31. The van der Waals surface area contributed by atoms with E-state index in [1.807, 2.05) is 0 Å². The van der Waals surface area contributed by atoms with E-state index in [2.05, 4.69) is 4.74 Å². The summed E-state index contributed by atoms with van der Waals surface area (Å²) in [5, 5.41) is 9.17. The lowest BCUT2D eigenvalue weighted by atomic mass is 9.99. The number of hydrogen-bond acceptors (Lipinski definition) is 4. The molecule has 1 N–H and O–H groups in total. The maximum absolute atomic E-state index is 13.5. The highest BCUT2D eigenvalue weighted by Gasteiger charge is 2.78. The predicted molar refractivity (Wildman–Crippen MR) is 60.5 cm³/mol. The van der Waals surface area contributed by atoms with Crippen LogP contribution in [0.25, 0.3) is 0 Å². The summed E-state index contributed by atoms with van der Waals surface area (Å²) >= 11 is 0. The van der Waals surface area contributed by atoms with Gasteiger partial charge in [0.25, 0.3) is 0 Å². The molecule has 0 radical (unpaired) electrons. The van der Waals surface area contributed by atoms with Crippen molar-refractivity contribution in [1.82, 2.24) is 0 Å². The van der Waals surface area contributed by atoms with Gasteiger partial charge in [-0.3, -0.25) is 4.79 Å². The number of carbonyl (C=O) groups excluding carboxylic acids is 1. The molecule has 0 aromatic carbocycles. The molecule has 124 valence electrons. The Kier molecular flexibility index (Phi) is 4.61. The summed E-state index contributed by atoms with van der Waals surface area (Å²) < 4.78 is 73.7. The summed E-state index contributed by atoms with van der Waals surface area (Å²) in [5.74, 6) is -10.4. The molecule has 3 unspecified atom stereocenters. The first kappa shape index (κ1) is 18.1. The Balaban J connectivity index is 2.85. The Morgan fingerprint density at radius 1 is 1.43 bits per heavy atom. The van der Waals surface area contributed by atoms with Gasteiger partial charge in [0, 0.05) is 6.42 Å². The second-order valence-electron chi connectivity index (χ2n) is 5.49. The molecule has 1 fully saturated rings. The molecule has 9 heteroatoms. The number of alkyl halides is 5. The van der Waals surface area contributed by atoms with E-state index >= 15 is 0 Å². The Hall–Kier alpha value is -0.960. The van der Waals surface area contributed by atoms with Gasteiger partial charge >= 0.3 is 23.9 Å². The summed E-state index contributed by atoms with van der Waals surface area (Å²) in [6.07, 6.45) is -6.65. The molecule has 1 rings (SSSR count). The second kappa shape index (κ2) is 5.35. The molecule has 3 atom stereocenters. The van der Waals surface area contributed by atoms with Crippen molar-refractivity contribution in [2.24, 2.45) is 5.92 Å². The molecule has 0 aromatic heterocycles. The fourth-order valence-electron chi connectivity index (χ4n) is 1.94. The van der Waals surface area contributed by atoms with E-state index < -0.39 is 48.4 Å². The smallest absolute Gasteiger partial charge is 0.449 e. The van der Waals surface area contributed by atoms with Gasteiger partial charge in [0.15, 0.2) is 0 Å². The van der Waals surface area contributed by atoms with E-state index in [1.165, 1.54) is 6.92 Å². The van der Waals surface area contributed by atoms with Crippen LogP contribution in [0.4, 0.5) is 22.0 Å². The molecule has 4 nitrogen and oxygen atoms in total. The van der Waals surface area contributed by atoms with Gasteiger partial charge in [-0.1, -0.05) is 13.8 Å². The van der Waals surface area contributed by atoms with Crippen LogP contribution in [0.15, 0.2) is 0 Å². The van der Waals surface area contributed by atoms with Gasteiger partial charge < -0.3 is 14.6 Å². The van der Waals surface area contributed by atoms with Crippen LogP contribution in [0.2, 0.25) is 0 Å². The fourth-order valence-corrected chi connectivity index (χ4v) is 1.94. The second-order valence-corrected chi connectivity index (χ2v) is 5.49. The lowest BCUT2D eigenvalue weighted by molar-refractivity contribution is -0.413. The van der Waals surface area contributed by atoms with E-state index in [0.717, 1.165) is 6.92 Å². The van der Waals surface area contributed by atoms with Crippen molar-refractivity contribution >= 4 is 5.97 Å². The van der Waals surface area contributed by atoms with Crippen LogP contribution in [0.1, 0.15) is 33.6 Å². The molecule has 1 aliphatic heterocycles. The van der Waals surface area contributed by atoms with E-state index in [4.69, 9.17) is 4.74 Å². The molecule has 1 aliphatic rings. The number of ether oxygens (including phenoxy) is 2. The minimum Gasteiger partial charge on any atom is -0.462 e. The molecule has 1 heterocycles. The Bertz CT molecular complexity index is 411. The molecule has 1 saturated heterocycles. The maximum Gasteiger partial charge on any atom is 0.449 e. The summed E-state index contributed by atoms with van der Waals surface area (Å²) in [7, 11) is 0. The third-order valence-electron chi connectivity index (χ3n) is 3.40. The zero-order valence-electron chi connectivity index (χ0n) is 11.8. The largest absolute Gasteiger partial charge is 0.462 e. The molecule has 0 bridgehead atoms. The summed E-state index contributed by atoms with van der Waals surface area (Å²) in [4.78, 5) is 11.4. The summed E-state index contributed by atoms with van der Waals surface area (Å²) in [6, 6.07) is 0. The molecule has 0 saturated carbocycles. The highest BCUT2D eigenvalue weighted by atomic mass is 19.4. The molecular weight excluding hydrogens is 303 g/mol. The van der Waals surface area contributed by atoms with Crippen LogP contribution in [0.3, 0.4) is 0 Å². The van der Waals surface area contributed by atoms with Crippen LogP contribution >= 0.6 is 0 Å². The Morgan fingerprint density at radius 2 is 1.95 bits per heavy atom. The normalized spacial score (nSPS) is 33.8. The van der Waals surface area contributed by atoms with E-state index in [9.17, 15) is 31.9 Å². The van der Waals surface area contributed by atoms with Crippen LogP contribution in [-0.4, -0.2) is 41.2 Å². The van der Waals surface area contributed by atoms with Crippen LogP contribution in [-0.2, 0) is 14.3 Å². The molecule has 0 aliphatic carbocycles. The maximum atomic E-state index is 13.5. The van der Waals surface area contributed by atoms with Crippen molar-refractivity contribution in [2.75, 3.05) is 6.61 Å². The first-order valence-electron chi connectivity index (χ1n) is 6.32. The zero-order chi connectivity index (χ0) is 16.7. The van der Waals surface area contributed by atoms with Crippen molar-refractivity contribution in [1.29, 1.82) is 0 Å². The van der Waals surface area contributed by atoms with E-state index in [1.54, 1.807) is 6.92 Å². The number of hydrogen-bond donors (Lipinski definition) is 1.